The number of aliphatic hydroxyl groups is 1. The molecule has 0 aliphatic carbocycles. The van der Waals surface area contributed by atoms with Crippen LogP contribution in [0.2, 0.25) is 0 Å². The summed E-state index contributed by atoms with van der Waals surface area (Å²) in [5.74, 6) is -1.95. The van der Waals surface area contributed by atoms with E-state index in [2.05, 4.69) is 4.98 Å². The Hall–Kier alpha value is -4.64. The Kier molecular flexibility index (Phi) is 6.37. The Morgan fingerprint density at radius 1 is 1.08 bits per heavy atom. The van der Waals surface area contributed by atoms with Gasteiger partial charge in [-0.3, -0.25) is 14.5 Å². The van der Waals surface area contributed by atoms with Crippen molar-refractivity contribution in [1.29, 1.82) is 0 Å². The molecule has 2 aromatic carbocycles. The summed E-state index contributed by atoms with van der Waals surface area (Å²) in [5, 5.41) is 11.8. The summed E-state index contributed by atoms with van der Waals surface area (Å²) in [5.41, 5.74) is 1.03. The number of ketones is 1. The molecule has 2 aromatic heterocycles. The molecule has 0 saturated carbocycles. The lowest BCUT2D eigenvalue weighted by Gasteiger charge is -2.24. The predicted molar refractivity (Wildman–Crippen MR) is 138 cm³/mol. The molecule has 10 nitrogen and oxygen atoms in total. The van der Waals surface area contributed by atoms with E-state index >= 15 is 0 Å². The average Bonchev–Trinajstić information content (AvgIpc) is 3.61. The minimum absolute atomic E-state index is 0.0789. The zero-order valence-electron chi connectivity index (χ0n) is 20.8. The number of hydrogen-bond donors (Lipinski definition) is 1. The van der Waals surface area contributed by atoms with Gasteiger partial charge in [-0.25, -0.2) is 9.78 Å². The molecule has 1 N–H and O–H groups in total. The van der Waals surface area contributed by atoms with E-state index in [9.17, 15) is 19.5 Å². The smallest absolute Gasteiger partial charge is 0.350 e. The van der Waals surface area contributed by atoms with E-state index in [1.807, 2.05) is 0 Å². The summed E-state index contributed by atoms with van der Waals surface area (Å²) in [4.78, 5) is 45.3. The van der Waals surface area contributed by atoms with Crippen LogP contribution >= 0.6 is 11.3 Å². The molecular weight excluding hydrogens is 512 g/mol. The number of fused-ring (bicyclic) bond motifs is 1. The van der Waals surface area contributed by atoms with Crippen LogP contribution in [0.15, 0.2) is 64.3 Å². The Morgan fingerprint density at radius 3 is 2.47 bits per heavy atom. The summed E-state index contributed by atoms with van der Waals surface area (Å²) in [7, 11) is 4.25. The van der Waals surface area contributed by atoms with Crippen LogP contribution in [0.4, 0.5) is 5.13 Å². The predicted octanol–water partition coefficient (Wildman–Crippen LogP) is 4.78. The number of carbonyl (C=O) groups excluding carboxylic acids is 3. The summed E-state index contributed by atoms with van der Waals surface area (Å²) in [6.45, 7) is 1.61. The van der Waals surface area contributed by atoms with Crippen molar-refractivity contribution in [3.63, 3.8) is 0 Å². The SMILES string of the molecule is COC(=O)c1sc(N2C(=O)C(O)=C(C(=O)c3cc4cccc(OC)c4o3)C2c2ccc(OC)cc2)nc1C. The number of rotatable bonds is 7. The number of ether oxygens (including phenoxy) is 3. The van der Waals surface area contributed by atoms with Gasteiger partial charge in [-0.15, -0.1) is 0 Å². The van der Waals surface area contributed by atoms with Crippen molar-refractivity contribution >= 4 is 45.1 Å². The van der Waals surface area contributed by atoms with E-state index in [1.54, 1.807) is 49.4 Å². The van der Waals surface area contributed by atoms with Gasteiger partial charge in [-0.2, -0.15) is 0 Å². The number of para-hydroxylation sites is 1. The molecule has 0 bridgehead atoms. The zero-order valence-corrected chi connectivity index (χ0v) is 21.6. The maximum absolute atomic E-state index is 13.8. The molecule has 5 rings (SSSR count). The number of aromatic nitrogens is 1. The highest BCUT2D eigenvalue weighted by atomic mass is 32.1. The summed E-state index contributed by atoms with van der Waals surface area (Å²) >= 11 is 0.925. The lowest BCUT2D eigenvalue weighted by atomic mass is 9.95. The summed E-state index contributed by atoms with van der Waals surface area (Å²) in [6, 6.07) is 12.4. The number of amides is 1. The number of aliphatic hydroxyl groups excluding tert-OH is 1. The molecule has 0 radical (unpaired) electrons. The number of furan rings is 1. The van der Waals surface area contributed by atoms with Crippen molar-refractivity contribution in [2.75, 3.05) is 26.2 Å². The topological polar surface area (TPSA) is 128 Å². The molecule has 4 aromatic rings. The molecule has 0 spiro atoms. The fourth-order valence-corrected chi connectivity index (χ4v) is 5.36. The van der Waals surface area contributed by atoms with Crippen molar-refractivity contribution in [2.24, 2.45) is 0 Å². The first-order valence-electron chi connectivity index (χ1n) is 11.4. The number of aryl methyl sites for hydroxylation is 1. The molecular formula is C27H22N2O8S. The average molecular weight is 535 g/mol. The lowest BCUT2D eigenvalue weighted by molar-refractivity contribution is -0.117. The first-order chi connectivity index (χ1) is 18.3. The summed E-state index contributed by atoms with van der Waals surface area (Å²) < 4.78 is 21.2. The lowest BCUT2D eigenvalue weighted by Crippen LogP contribution is -2.31. The molecule has 0 saturated heterocycles. The van der Waals surface area contributed by atoms with E-state index in [1.165, 1.54) is 32.3 Å². The van der Waals surface area contributed by atoms with Gasteiger partial charge in [0.2, 0.25) is 5.78 Å². The molecule has 1 unspecified atom stereocenters. The normalized spacial score (nSPS) is 15.3. The van der Waals surface area contributed by atoms with E-state index in [0.717, 1.165) is 11.3 Å². The number of hydrogen-bond acceptors (Lipinski definition) is 10. The maximum Gasteiger partial charge on any atom is 0.350 e. The van der Waals surface area contributed by atoms with Crippen molar-refractivity contribution in [1.82, 2.24) is 4.98 Å². The van der Waals surface area contributed by atoms with Crippen LogP contribution in [-0.4, -0.2) is 49.1 Å². The largest absolute Gasteiger partial charge is 0.503 e. The molecule has 3 heterocycles. The number of methoxy groups -OCH3 is 3. The van der Waals surface area contributed by atoms with Gasteiger partial charge in [0.1, 0.15) is 10.6 Å². The quantitative estimate of drug-likeness (QED) is 0.263. The number of esters is 1. The van der Waals surface area contributed by atoms with Crippen LogP contribution in [0.5, 0.6) is 11.5 Å². The van der Waals surface area contributed by atoms with Gasteiger partial charge in [0.15, 0.2) is 28.0 Å². The number of anilines is 1. The van der Waals surface area contributed by atoms with Crippen LogP contribution in [0.25, 0.3) is 11.0 Å². The van der Waals surface area contributed by atoms with Crippen LogP contribution in [0.1, 0.15) is 37.5 Å². The van der Waals surface area contributed by atoms with E-state index in [-0.39, 0.29) is 21.3 Å². The number of benzene rings is 2. The van der Waals surface area contributed by atoms with Crippen LogP contribution in [-0.2, 0) is 9.53 Å². The zero-order chi connectivity index (χ0) is 27.1. The third-order valence-electron chi connectivity index (χ3n) is 6.20. The molecule has 0 fully saturated rings. The Balaban J connectivity index is 1.65. The summed E-state index contributed by atoms with van der Waals surface area (Å²) in [6.07, 6.45) is 0. The van der Waals surface area contributed by atoms with Gasteiger partial charge in [0, 0.05) is 5.39 Å². The van der Waals surface area contributed by atoms with Crippen molar-refractivity contribution in [3.05, 3.63) is 81.8 Å². The molecule has 194 valence electrons. The second kappa shape index (κ2) is 9.67. The van der Waals surface area contributed by atoms with Crippen molar-refractivity contribution < 1.29 is 38.1 Å². The molecule has 1 atom stereocenters. The Labute approximate surface area is 220 Å². The molecule has 1 amide bonds. The fourth-order valence-electron chi connectivity index (χ4n) is 4.35. The maximum atomic E-state index is 13.8. The van der Waals surface area contributed by atoms with Crippen LogP contribution in [0.3, 0.4) is 0 Å². The first-order valence-corrected chi connectivity index (χ1v) is 12.2. The van der Waals surface area contributed by atoms with Crippen LogP contribution in [0, 0.1) is 6.92 Å². The number of Topliss-reactive ketones (excluding diaryl/α,β-unsaturated/α-hetero) is 1. The standard InChI is InChI=1S/C27H22N2O8S/c1-13-24(26(33)36-4)38-27(28-13)29-20(14-8-10-16(34-2)11-9-14)19(22(31)25(29)32)21(30)18-12-15-6-5-7-17(35-3)23(15)37-18/h5-12,20,31H,1-4H3. The van der Waals surface area contributed by atoms with E-state index < -0.39 is 29.5 Å². The third-order valence-corrected chi connectivity index (χ3v) is 7.33. The fraction of sp³-hybridized carbons (Fsp3) is 0.185. The van der Waals surface area contributed by atoms with Crippen molar-refractivity contribution in [3.8, 4) is 11.5 Å². The highest BCUT2D eigenvalue weighted by Gasteiger charge is 2.47. The monoisotopic (exact) mass is 534 g/mol. The Bertz CT molecular complexity index is 1620. The van der Waals surface area contributed by atoms with Gasteiger partial charge in [-0.05, 0) is 36.8 Å². The molecule has 38 heavy (non-hydrogen) atoms. The van der Waals surface area contributed by atoms with Crippen LogP contribution < -0.4 is 14.4 Å². The minimum atomic E-state index is -1.06. The van der Waals surface area contributed by atoms with Crippen molar-refractivity contribution in [2.45, 2.75) is 13.0 Å². The second-order valence-electron chi connectivity index (χ2n) is 8.33. The van der Waals surface area contributed by atoms with Gasteiger partial charge < -0.3 is 23.7 Å². The van der Waals surface area contributed by atoms with E-state index in [4.69, 9.17) is 18.6 Å². The highest BCUT2D eigenvalue weighted by molar-refractivity contribution is 7.17. The van der Waals surface area contributed by atoms with Gasteiger partial charge in [-0.1, -0.05) is 35.6 Å². The number of thiazole rings is 1. The van der Waals surface area contributed by atoms with Gasteiger partial charge in [0.25, 0.3) is 5.91 Å². The molecule has 11 heteroatoms. The molecule has 1 aliphatic rings. The second-order valence-corrected chi connectivity index (χ2v) is 9.31. The Morgan fingerprint density at radius 2 is 1.82 bits per heavy atom. The number of carbonyl (C=O) groups is 3. The third kappa shape index (κ3) is 3.97. The van der Waals surface area contributed by atoms with Gasteiger partial charge in [0.05, 0.1) is 38.6 Å². The highest BCUT2D eigenvalue weighted by Crippen LogP contribution is 2.44. The number of nitrogens with zero attached hydrogens (tertiary/aromatic N) is 2. The first kappa shape index (κ1) is 25.0. The molecule has 1 aliphatic heterocycles. The van der Waals surface area contributed by atoms with E-state index in [0.29, 0.717) is 33.7 Å². The van der Waals surface area contributed by atoms with Gasteiger partial charge >= 0.3 is 5.97 Å². The minimum Gasteiger partial charge on any atom is -0.503 e.